The van der Waals surface area contributed by atoms with Gasteiger partial charge >= 0.3 is 12.1 Å². The minimum absolute atomic E-state index is 0.268. The van der Waals surface area contributed by atoms with Crippen LogP contribution in [0.15, 0.2) is 22.7 Å². The zero-order chi connectivity index (χ0) is 13.9. The highest BCUT2D eigenvalue weighted by molar-refractivity contribution is 9.10. The Morgan fingerprint density at radius 3 is 2.56 bits per heavy atom. The number of carboxylic acid groups (broad SMARTS) is 1. The van der Waals surface area contributed by atoms with Crippen LogP contribution in [-0.2, 0) is 4.79 Å². The lowest BCUT2D eigenvalue weighted by atomic mass is 10.1. The van der Waals surface area contributed by atoms with Gasteiger partial charge < -0.3 is 5.11 Å². The number of benzene rings is 1. The van der Waals surface area contributed by atoms with Crippen molar-refractivity contribution in [2.75, 3.05) is 6.54 Å². The molecule has 0 aliphatic carbocycles. The van der Waals surface area contributed by atoms with E-state index in [1.165, 1.54) is 12.1 Å². The molecule has 7 heteroatoms. The molecule has 1 unspecified atom stereocenters. The second kappa shape index (κ2) is 5.71. The maximum atomic E-state index is 12.1. The normalized spacial score (nSPS) is 13.4. The first kappa shape index (κ1) is 15.0. The Morgan fingerprint density at radius 2 is 2.11 bits per heavy atom. The number of nitrogens with one attached hydrogen (secondary N) is 1. The quantitative estimate of drug-likeness (QED) is 0.894. The third-order valence-corrected chi connectivity index (χ3v) is 3.14. The average Bonchev–Trinajstić information content (AvgIpc) is 2.21. The van der Waals surface area contributed by atoms with E-state index in [-0.39, 0.29) is 5.56 Å². The zero-order valence-corrected chi connectivity index (χ0v) is 11.0. The van der Waals surface area contributed by atoms with E-state index in [1.807, 2.05) is 5.32 Å². The zero-order valence-electron chi connectivity index (χ0n) is 9.38. The molecule has 100 valence electrons. The van der Waals surface area contributed by atoms with Crippen molar-refractivity contribution in [3.05, 3.63) is 33.8 Å². The standard InChI is InChI=1S/C11H11BrF3NO2/c1-6-2-3-7(4-8(6)12)9(10(17)18)16-5-11(13,14)15/h2-4,9,16H,5H2,1H3,(H,17,18). The number of carbonyl (C=O) groups is 1. The molecule has 0 spiro atoms. The fraction of sp³-hybridized carbons (Fsp3) is 0.364. The molecule has 0 aliphatic rings. The van der Waals surface area contributed by atoms with E-state index in [0.717, 1.165) is 5.56 Å². The molecule has 0 radical (unpaired) electrons. The number of carboxylic acids is 1. The van der Waals surface area contributed by atoms with Crippen LogP contribution in [0.25, 0.3) is 0 Å². The van der Waals surface area contributed by atoms with E-state index in [4.69, 9.17) is 5.11 Å². The van der Waals surface area contributed by atoms with Crippen molar-refractivity contribution in [1.82, 2.24) is 5.32 Å². The Labute approximate surface area is 110 Å². The van der Waals surface area contributed by atoms with Crippen LogP contribution >= 0.6 is 15.9 Å². The van der Waals surface area contributed by atoms with Crippen molar-refractivity contribution >= 4 is 21.9 Å². The van der Waals surface area contributed by atoms with Gasteiger partial charge in [-0.1, -0.05) is 28.1 Å². The van der Waals surface area contributed by atoms with Crippen LogP contribution in [-0.4, -0.2) is 23.8 Å². The Hall–Kier alpha value is -1.08. The van der Waals surface area contributed by atoms with E-state index in [0.29, 0.717) is 4.47 Å². The molecule has 0 bridgehead atoms. The summed E-state index contributed by atoms with van der Waals surface area (Å²) in [5.74, 6) is -1.35. The molecule has 1 atom stereocenters. The molecule has 3 nitrogen and oxygen atoms in total. The third kappa shape index (κ3) is 4.30. The number of halogens is 4. The van der Waals surface area contributed by atoms with Crippen LogP contribution in [0.1, 0.15) is 17.2 Å². The van der Waals surface area contributed by atoms with Crippen molar-refractivity contribution in [2.24, 2.45) is 0 Å². The summed E-state index contributed by atoms with van der Waals surface area (Å²) in [6.45, 7) is 0.447. The summed E-state index contributed by atoms with van der Waals surface area (Å²) in [6, 6.07) is 3.24. The van der Waals surface area contributed by atoms with Crippen molar-refractivity contribution in [2.45, 2.75) is 19.1 Å². The molecule has 18 heavy (non-hydrogen) atoms. The van der Waals surface area contributed by atoms with Gasteiger partial charge in [-0.15, -0.1) is 0 Å². The second-order valence-corrected chi connectivity index (χ2v) is 4.63. The Bertz CT molecular complexity index is 448. The Kier molecular flexibility index (Phi) is 4.75. The molecular formula is C11H11BrF3NO2. The molecule has 0 saturated carbocycles. The molecule has 0 heterocycles. The van der Waals surface area contributed by atoms with Crippen molar-refractivity contribution in [1.29, 1.82) is 0 Å². The highest BCUT2D eigenvalue weighted by Crippen LogP contribution is 2.23. The van der Waals surface area contributed by atoms with Gasteiger partial charge in [-0.25, -0.2) is 0 Å². The van der Waals surface area contributed by atoms with Gasteiger partial charge in [0.25, 0.3) is 0 Å². The Balaban J connectivity index is 2.91. The van der Waals surface area contributed by atoms with Crippen LogP contribution in [0, 0.1) is 6.92 Å². The first-order valence-corrected chi connectivity index (χ1v) is 5.79. The van der Waals surface area contributed by atoms with Crippen LogP contribution in [0.3, 0.4) is 0 Å². The average molecular weight is 326 g/mol. The van der Waals surface area contributed by atoms with Crippen LogP contribution in [0.2, 0.25) is 0 Å². The van der Waals surface area contributed by atoms with Gasteiger partial charge in [0, 0.05) is 4.47 Å². The van der Waals surface area contributed by atoms with Gasteiger partial charge in [-0.05, 0) is 24.1 Å². The van der Waals surface area contributed by atoms with Gasteiger partial charge in [-0.2, -0.15) is 13.2 Å². The largest absolute Gasteiger partial charge is 0.480 e. The summed E-state index contributed by atoms with van der Waals surface area (Å²) >= 11 is 3.21. The van der Waals surface area contributed by atoms with E-state index in [1.54, 1.807) is 13.0 Å². The first-order valence-electron chi connectivity index (χ1n) is 4.99. The minimum Gasteiger partial charge on any atom is -0.480 e. The molecular weight excluding hydrogens is 315 g/mol. The summed E-state index contributed by atoms with van der Waals surface area (Å²) in [5, 5.41) is 10.9. The van der Waals surface area contributed by atoms with Crippen molar-refractivity contribution in [3.8, 4) is 0 Å². The number of aliphatic carboxylic acids is 1. The highest BCUT2D eigenvalue weighted by atomic mass is 79.9. The molecule has 2 N–H and O–H groups in total. The van der Waals surface area contributed by atoms with Gasteiger partial charge in [0.2, 0.25) is 0 Å². The smallest absolute Gasteiger partial charge is 0.401 e. The second-order valence-electron chi connectivity index (χ2n) is 3.78. The lowest BCUT2D eigenvalue weighted by molar-refractivity contribution is -0.143. The number of alkyl halides is 3. The van der Waals surface area contributed by atoms with E-state index >= 15 is 0 Å². The summed E-state index contributed by atoms with van der Waals surface area (Å²) in [7, 11) is 0. The fourth-order valence-electron chi connectivity index (χ4n) is 1.35. The monoisotopic (exact) mass is 325 g/mol. The number of aryl methyl sites for hydroxylation is 1. The summed E-state index contributed by atoms with van der Waals surface area (Å²) in [5.41, 5.74) is 1.14. The summed E-state index contributed by atoms with van der Waals surface area (Å²) in [4.78, 5) is 11.0. The molecule has 0 amide bonds. The van der Waals surface area contributed by atoms with Crippen LogP contribution in [0.5, 0.6) is 0 Å². The van der Waals surface area contributed by atoms with Gasteiger partial charge in [-0.3, -0.25) is 10.1 Å². The highest BCUT2D eigenvalue weighted by Gasteiger charge is 2.30. The molecule has 1 rings (SSSR count). The maximum Gasteiger partial charge on any atom is 0.401 e. The van der Waals surface area contributed by atoms with Gasteiger partial charge in [0.1, 0.15) is 6.04 Å². The van der Waals surface area contributed by atoms with E-state index in [9.17, 15) is 18.0 Å². The summed E-state index contributed by atoms with van der Waals surface area (Å²) < 4.78 is 36.9. The fourth-order valence-corrected chi connectivity index (χ4v) is 1.75. The SMILES string of the molecule is Cc1ccc(C(NCC(F)(F)F)C(=O)O)cc1Br. The minimum atomic E-state index is -4.45. The molecule has 1 aromatic rings. The number of hydrogen-bond donors (Lipinski definition) is 2. The third-order valence-electron chi connectivity index (χ3n) is 2.28. The van der Waals surface area contributed by atoms with Crippen LogP contribution in [0.4, 0.5) is 13.2 Å². The van der Waals surface area contributed by atoms with E-state index in [2.05, 4.69) is 15.9 Å². The van der Waals surface area contributed by atoms with Gasteiger partial charge in [0.05, 0.1) is 6.54 Å². The Morgan fingerprint density at radius 1 is 1.50 bits per heavy atom. The molecule has 1 aromatic carbocycles. The van der Waals surface area contributed by atoms with Crippen molar-refractivity contribution < 1.29 is 23.1 Å². The summed E-state index contributed by atoms with van der Waals surface area (Å²) in [6.07, 6.45) is -4.45. The molecule has 0 fully saturated rings. The first-order chi connectivity index (χ1) is 8.20. The maximum absolute atomic E-state index is 12.1. The number of rotatable bonds is 4. The van der Waals surface area contributed by atoms with Gasteiger partial charge in [0.15, 0.2) is 0 Å². The lowest BCUT2D eigenvalue weighted by Crippen LogP contribution is -2.36. The molecule has 0 saturated heterocycles. The number of hydrogen-bond acceptors (Lipinski definition) is 2. The van der Waals surface area contributed by atoms with Crippen molar-refractivity contribution in [3.63, 3.8) is 0 Å². The molecule has 0 aliphatic heterocycles. The lowest BCUT2D eigenvalue weighted by Gasteiger charge is -2.17. The topological polar surface area (TPSA) is 49.3 Å². The molecule has 0 aromatic heterocycles. The predicted molar refractivity (Wildman–Crippen MR) is 63.3 cm³/mol. The van der Waals surface area contributed by atoms with Crippen LogP contribution < -0.4 is 5.32 Å². The predicted octanol–water partition coefficient (Wildman–Crippen LogP) is 3.04. The van der Waals surface area contributed by atoms with E-state index < -0.39 is 24.7 Å².